The maximum absolute atomic E-state index is 4.64. The molecule has 1 aliphatic rings. The van der Waals surface area contributed by atoms with Gasteiger partial charge in [-0.15, -0.1) is 0 Å². The number of piperazine rings is 1. The van der Waals surface area contributed by atoms with Gasteiger partial charge in [-0.25, -0.2) is 14.6 Å². The number of fused-ring (bicyclic) bond motifs is 2. The van der Waals surface area contributed by atoms with Crippen molar-refractivity contribution in [2.24, 2.45) is 0 Å². The Bertz CT molecular complexity index is 1360. The minimum absolute atomic E-state index is 0.853. The van der Waals surface area contributed by atoms with Crippen LogP contribution in [0.2, 0.25) is 0 Å². The first-order valence-corrected chi connectivity index (χ1v) is 11.2. The third-order valence-electron chi connectivity index (χ3n) is 6.44. The van der Waals surface area contributed by atoms with Gasteiger partial charge in [-0.1, -0.05) is 60.7 Å². The Morgan fingerprint density at radius 1 is 0.781 bits per heavy atom. The van der Waals surface area contributed by atoms with E-state index in [0.29, 0.717) is 0 Å². The van der Waals surface area contributed by atoms with Crippen LogP contribution in [-0.2, 0) is 6.54 Å². The zero-order valence-corrected chi connectivity index (χ0v) is 17.9. The summed E-state index contributed by atoms with van der Waals surface area (Å²) in [5, 5.41) is 8.30. The summed E-state index contributed by atoms with van der Waals surface area (Å²) < 4.78 is 1.89. The summed E-state index contributed by atoms with van der Waals surface area (Å²) in [5.41, 5.74) is 3.29. The van der Waals surface area contributed by atoms with Gasteiger partial charge in [-0.05, 0) is 22.9 Å². The number of anilines is 1. The van der Waals surface area contributed by atoms with Crippen molar-refractivity contribution in [3.63, 3.8) is 0 Å². The van der Waals surface area contributed by atoms with Crippen molar-refractivity contribution in [1.82, 2.24) is 19.7 Å². The van der Waals surface area contributed by atoms with Gasteiger partial charge in [0.25, 0.3) is 0 Å². The highest BCUT2D eigenvalue weighted by molar-refractivity contribution is 5.88. The summed E-state index contributed by atoms with van der Waals surface area (Å²) in [6.07, 6.45) is 3.56. The number of hydrogen-bond donors (Lipinski definition) is 1. The molecule has 6 nitrogen and oxygen atoms in total. The monoisotopic (exact) mass is 421 g/mol. The number of para-hydroxylation sites is 1. The van der Waals surface area contributed by atoms with Gasteiger partial charge in [0.1, 0.15) is 18.7 Å². The van der Waals surface area contributed by atoms with Gasteiger partial charge in [0.05, 0.1) is 43.4 Å². The van der Waals surface area contributed by atoms with Crippen molar-refractivity contribution < 1.29 is 4.90 Å². The molecule has 0 amide bonds. The molecule has 1 saturated heterocycles. The van der Waals surface area contributed by atoms with Gasteiger partial charge in [-0.3, -0.25) is 0 Å². The summed E-state index contributed by atoms with van der Waals surface area (Å²) in [4.78, 5) is 13.2. The normalized spacial score (nSPS) is 14.9. The molecule has 1 aliphatic heterocycles. The lowest BCUT2D eigenvalue weighted by atomic mass is 10.0. The highest BCUT2D eigenvalue weighted by Gasteiger charge is 2.24. The van der Waals surface area contributed by atoms with Crippen molar-refractivity contribution in [1.29, 1.82) is 0 Å². The fraction of sp³-hybridized carbons (Fsp3) is 0.192. The van der Waals surface area contributed by atoms with Crippen LogP contribution in [0.4, 0.5) is 5.82 Å². The lowest BCUT2D eigenvalue weighted by molar-refractivity contribution is -0.914. The van der Waals surface area contributed by atoms with Gasteiger partial charge >= 0.3 is 0 Å². The van der Waals surface area contributed by atoms with Crippen LogP contribution in [0, 0.1) is 0 Å². The van der Waals surface area contributed by atoms with E-state index in [2.05, 4.69) is 62.4 Å². The summed E-state index contributed by atoms with van der Waals surface area (Å²) >= 11 is 0. The molecule has 3 heterocycles. The molecule has 1 fully saturated rings. The Kier molecular flexibility index (Phi) is 4.77. The first-order valence-electron chi connectivity index (χ1n) is 11.2. The molecule has 2 aromatic heterocycles. The predicted molar refractivity (Wildman–Crippen MR) is 127 cm³/mol. The summed E-state index contributed by atoms with van der Waals surface area (Å²) in [6.45, 7) is 5.18. The quantitative estimate of drug-likeness (QED) is 0.485. The second-order valence-electron chi connectivity index (χ2n) is 8.38. The lowest BCUT2D eigenvalue weighted by Gasteiger charge is -2.33. The predicted octanol–water partition coefficient (Wildman–Crippen LogP) is 2.87. The van der Waals surface area contributed by atoms with E-state index in [9.17, 15) is 0 Å². The molecule has 0 radical (unpaired) electrons. The number of benzene rings is 3. The lowest BCUT2D eigenvalue weighted by Crippen LogP contribution is -3.13. The molecule has 6 heteroatoms. The standard InChI is InChI=1S/C26H24N6/c1-2-10-22(11-3-1)32-26-24(17-29-32)25(27-19-28-26)31-15-13-30(14-16-31)18-21-9-6-8-20-7-4-5-12-23(20)21/h1-12,17,19H,13-16,18H2/p+1. The first-order chi connectivity index (χ1) is 15.9. The van der Waals surface area contributed by atoms with E-state index >= 15 is 0 Å². The number of quaternary nitrogens is 1. The van der Waals surface area contributed by atoms with Crippen molar-refractivity contribution in [3.05, 3.63) is 90.9 Å². The largest absolute Gasteiger partial charge is 0.345 e. The minimum atomic E-state index is 0.853. The fourth-order valence-electron chi connectivity index (χ4n) is 4.77. The summed E-state index contributed by atoms with van der Waals surface area (Å²) in [5.74, 6) is 0.987. The van der Waals surface area contributed by atoms with Gasteiger partial charge in [0.15, 0.2) is 5.65 Å². The smallest absolute Gasteiger partial charge is 0.168 e. The average molecular weight is 422 g/mol. The molecular formula is C26H25N6+. The van der Waals surface area contributed by atoms with Gasteiger partial charge in [-0.2, -0.15) is 5.10 Å². The summed E-state index contributed by atoms with van der Waals surface area (Å²) in [7, 11) is 0. The second-order valence-corrected chi connectivity index (χ2v) is 8.38. The number of nitrogens with zero attached hydrogens (tertiary/aromatic N) is 5. The second kappa shape index (κ2) is 8.05. The molecule has 0 atom stereocenters. The van der Waals surface area contributed by atoms with Crippen molar-refractivity contribution in [2.45, 2.75) is 6.54 Å². The highest BCUT2D eigenvalue weighted by atomic mass is 15.3. The van der Waals surface area contributed by atoms with Crippen LogP contribution in [0.1, 0.15) is 5.56 Å². The van der Waals surface area contributed by atoms with Crippen molar-refractivity contribution in [3.8, 4) is 5.69 Å². The molecule has 0 unspecified atom stereocenters. The van der Waals surface area contributed by atoms with Crippen molar-refractivity contribution >= 4 is 27.6 Å². The van der Waals surface area contributed by atoms with E-state index < -0.39 is 0 Å². The summed E-state index contributed by atoms with van der Waals surface area (Å²) in [6, 6.07) is 25.5. The van der Waals surface area contributed by atoms with Crippen LogP contribution in [0.15, 0.2) is 85.3 Å². The van der Waals surface area contributed by atoms with Gasteiger partial charge in [0.2, 0.25) is 0 Å². The fourth-order valence-corrected chi connectivity index (χ4v) is 4.77. The Morgan fingerprint density at radius 3 is 2.44 bits per heavy atom. The molecule has 0 saturated carbocycles. The molecule has 32 heavy (non-hydrogen) atoms. The SMILES string of the molecule is c1ccc(-n2ncc3c(N4CC[NH+](Cc5cccc6ccccc56)CC4)ncnc32)cc1. The maximum atomic E-state index is 4.64. The molecule has 158 valence electrons. The molecular weight excluding hydrogens is 396 g/mol. The van der Waals surface area contributed by atoms with Crippen LogP contribution in [-0.4, -0.2) is 45.9 Å². The Balaban J connectivity index is 1.21. The van der Waals surface area contributed by atoms with E-state index in [0.717, 1.165) is 55.3 Å². The number of rotatable bonds is 4. The first kappa shape index (κ1) is 19.0. The topological polar surface area (TPSA) is 51.3 Å². The Hall–Kier alpha value is -3.77. The highest BCUT2D eigenvalue weighted by Crippen LogP contribution is 2.24. The number of nitrogens with one attached hydrogen (secondary N) is 1. The van der Waals surface area contributed by atoms with E-state index in [1.54, 1.807) is 11.2 Å². The molecule has 0 spiro atoms. The van der Waals surface area contributed by atoms with Crippen molar-refractivity contribution in [2.75, 3.05) is 31.1 Å². The molecule has 0 bridgehead atoms. The zero-order valence-electron chi connectivity index (χ0n) is 17.9. The van der Waals surface area contributed by atoms with E-state index in [4.69, 9.17) is 0 Å². The minimum Gasteiger partial charge on any atom is -0.345 e. The molecule has 1 N–H and O–H groups in total. The van der Waals surface area contributed by atoms with E-state index in [1.807, 2.05) is 41.2 Å². The number of aromatic nitrogens is 4. The third-order valence-corrected chi connectivity index (χ3v) is 6.44. The molecule has 3 aromatic carbocycles. The van der Waals surface area contributed by atoms with E-state index in [-0.39, 0.29) is 0 Å². The van der Waals surface area contributed by atoms with Crippen LogP contribution in [0.3, 0.4) is 0 Å². The van der Waals surface area contributed by atoms with Gasteiger partial charge < -0.3 is 9.80 Å². The van der Waals surface area contributed by atoms with Crippen LogP contribution < -0.4 is 9.80 Å². The van der Waals surface area contributed by atoms with Crippen LogP contribution in [0.5, 0.6) is 0 Å². The zero-order chi connectivity index (χ0) is 21.3. The maximum Gasteiger partial charge on any atom is 0.168 e. The average Bonchev–Trinajstić information content (AvgIpc) is 3.30. The number of hydrogen-bond acceptors (Lipinski definition) is 4. The Labute approximate surface area is 186 Å². The van der Waals surface area contributed by atoms with Crippen LogP contribution >= 0.6 is 0 Å². The van der Waals surface area contributed by atoms with Gasteiger partial charge in [0, 0.05) is 5.56 Å². The van der Waals surface area contributed by atoms with E-state index in [1.165, 1.54) is 16.3 Å². The molecule has 6 rings (SSSR count). The third kappa shape index (κ3) is 3.39. The molecule has 5 aromatic rings. The molecule has 0 aliphatic carbocycles. The Morgan fingerprint density at radius 2 is 1.56 bits per heavy atom. The van der Waals surface area contributed by atoms with Crippen LogP contribution in [0.25, 0.3) is 27.5 Å².